The average molecular weight is 556 g/mol. The van der Waals surface area contributed by atoms with Gasteiger partial charge in [-0.25, -0.2) is 14.4 Å². The van der Waals surface area contributed by atoms with Crippen molar-refractivity contribution in [1.82, 2.24) is 0 Å². The van der Waals surface area contributed by atoms with E-state index in [4.69, 9.17) is 34.2 Å². The second kappa shape index (κ2) is 13.5. The van der Waals surface area contributed by atoms with Crippen LogP contribution in [-0.4, -0.2) is 59.0 Å². The normalized spacial score (nSPS) is 14.9. The summed E-state index contributed by atoms with van der Waals surface area (Å²) >= 11 is 0. The lowest BCUT2D eigenvalue weighted by Gasteiger charge is -2.31. The molecule has 0 aromatic heterocycles. The van der Waals surface area contributed by atoms with Gasteiger partial charge in [0.05, 0.1) is 6.10 Å². The highest BCUT2D eigenvalue weighted by Crippen LogP contribution is 2.37. The largest absolute Gasteiger partial charge is 0.514 e. The Balaban J connectivity index is 3.49. The SMILES string of the molecule is CC(C)OC(=O)OC(C)C(C)C(c1ccc(OC(=O)OC(C)(C)C)c(OC(=O)OC(C)(C)C)c1)[C@H](N)C(=O)O. The summed E-state index contributed by atoms with van der Waals surface area (Å²) in [5, 5.41) is 9.72. The summed E-state index contributed by atoms with van der Waals surface area (Å²) in [5.74, 6) is -3.33. The summed E-state index contributed by atoms with van der Waals surface area (Å²) in [6.07, 6.45) is -4.29. The van der Waals surface area contributed by atoms with E-state index in [0.717, 1.165) is 0 Å². The molecule has 0 saturated heterocycles. The van der Waals surface area contributed by atoms with E-state index in [-0.39, 0.29) is 11.5 Å². The molecule has 0 heterocycles. The first-order valence-electron chi connectivity index (χ1n) is 12.5. The molecule has 220 valence electrons. The van der Waals surface area contributed by atoms with E-state index in [9.17, 15) is 24.3 Å². The van der Waals surface area contributed by atoms with Gasteiger partial charge in [0.1, 0.15) is 23.3 Å². The number of ether oxygens (including phenoxy) is 6. The number of hydrogen-bond acceptors (Lipinski definition) is 11. The minimum atomic E-state index is -1.45. The molecule has 0 bridgehead atoms. The van der Waals surface area contributed by atoms with Gasteiger partial charge in [-0.05, 0) is 80.0 Å². The van der Waals surface area contributed by atoms with Crippen LogP contribution in [0.1, 0.15) is 80.7 Å². The lowest BCUT2D eigenvalue weighted by molar-refractivity contribution is -0.139. The number of rotatable bonds is 9. The third-order valence-corrected chi connectivity index (χ3v) is 5.11. The number of carbonyl (C=O) groups excluding carboxylic acids is 3. The van der Waals surface area contributed by atoms with Crippen LogP contribution in [0, 0.1) is 5.92 Å². The van der Waals surface area contributed by atoms with Gasteiger partial charge in [-0.15, -0.1) is 0 Å². The molecule has 0 spiro atoms. The van der Waals surface area contributed by atoms with E-state index in [1.165, 1.54) is 18.2 Å². The van der Waals surface area contributed by atoms with Gasteiger partial charge in [-0.2, -0.15) is 0 Å². The number of aliphatic carboxylic acids is 1. The summed E-state index contributed by atoms with van der Waals surface area (Å²) in [6.45, 7) is 16.4. The van der Waals surface area contributed by atoms with Crippen LogP contribution in [0.2, 0.25) is 0 Å². The Bertz CT molecular complexity index is 1020. The van der Waals surface area contributed by atoms with Crippen molar-refractivity contribution < 1.29 is 52.7 Å². The van der Waals surface area contributed by atoms with Crippen molar-refractivity contribution in [2.24, 2.45) is 11.7 Å². The second-order valence-corrected chi connectivity index (χ2v) is 11.3. The zero-order chi connectivity index (χ0) is 30.3. The molecule has 0 radical (unpaired) electrons. The maximum atomic E-state index is 12.5. The van der Waals surface area contributed by atoms with Gasteiger partial charge in [0.15, 0.2) is 11.5 Å². The Morgan fingerprint density at radius 1 is 0.769 bits per heavy atom. The van der Waals surface area contributed by atoms with Gasteiger partial charge in [-0.3, -0.25) is 4.79 Å². The standard InChI is InChI=1S/C27H41NO11/c1-14(2)34-23(31)35-16(4)15(3)20(21(28)22(29)30)17-11-12-18(36-24(32)38-26(5,6)7)19(13-17)37-25(33)39-27(8,9)10/h11-16,20-21H,28H2,1-10H3,(H,29,30)/t15?,16?,20?,21-/m0/s1. The lowest BCUT2D eigenvalue weighted by Crippen LogP contribution is -2.42. The predicted octanol–water partition coefficient (Wildman–Crippen LogP) is 5.40. The summed E-state index contributed by atoms with van der Waals surface area (Å²) in [5.41, 5.74) is 4.62. The molecule has 0 aliphatic heterocycles. The topological polar surface area (TPSA) is 170 Å². The summed E-state index contributed by atoms with van der Waals surface area (Å²) < 4.78 is 31.3. The number of hydrogen-bond donors (Lipinski definition) is 2. The molecule has 3 unspecified atom stereocenters. The molecular weight excluding hydrogens is 514 g/mol. The molecule has 0 aliphatic carbocycles. The van der Waals surface area contributed by atoms with E-state index < -0.39 is 65.7 Å². The van der Waals surface area contributed by atoms with E-state index >= 15 is 0 Å². The summed E-state index contributed by atoms with van der Waals surface area (Å²) in [7, 11) is 0. The van der Waals surface area contributed by atoms with E-state index in [0.29, 0.717) is 5.56 Å². The third-order valence-electron chi connectivity index (χ3n) is 5.11. The van der Waals surface area contributed by atoms with E-state index in [1.807, 2.05) is 0 Å². The Hall–Kier alpha value is -3.54. The minimum Gasteiger partial charge on any atom is -0.480 e. The fraction of sp³-hybridized carbons (Fsp3) is 0.630. The number of carboxylic acid groups (broad SMARTS) is 1. The zero-order valence-corrected chi connectivity index (χ0v) is 24.2. The zero-order valence-electron chi connectivity index (χ0n) is 24.2. The molecule has 1 aromatic rings. The first-order chi connectivity index (χ1) is 17.7. The fourth-order valence-electron chi connectivity index (χ4n) is 3.38. The quantitative estimate of drug-likeness (QED) is 0.226. The first-order valence-corrected chi connectivity index (χ1v) is 12.5. The third kappa shape index (κ3) is 11.8. The molecule has 3 N–H and O–H groups in total. The van der Waals surface area contributed by atoms with Crippen molar-refractivity contribution in [2.75, 3.05) is 0 Å². The van der Waals surface area contributed by atoms with Gasteiger partial charge >= 0.3 is 24.4 Å². The molecule has 39 heavy (non-hydrogen) atoms. The predicted molar refractivity (Wildman–Crippen MR) is 140 cm³/mol. The maximum Gasteiger partial charge on any atom is 0.514 e. The second-order valence-electron chi connectivity index (χ2n) is 11.3. The van der Waals surface area contributed by atoms with Gasteiger partial charge < -0.3 is 39.3 Å². The molecule has 1 aromatic carbocycles. The number of nitrogens with two attached hydrogens (primary N) is 1. The van der Waals surface area contributed by atoms with Crippen LogP contribution in [0.3, 0.4) is 0 Å². The summed E-state index contributed by atoms with van der Waals surface area (Å²) in [6, 6.07) is 2.64. The van der Waals surface area contributed by atoms with Crippen LogP contribution >= 0.6 is 0 Å². The molecular formula is C27H41NO11. The van der Waals surface area contributed by atoms with Gasteiger partial charge in [-0.1, -0.05) is 13.0 Å². The first kappa shape index (κ1) is 33.5. The van der Waals surface area contributed by atoms with Crippen molar-refractivity contribution in [3.05, 3.63) is 23.8 Å². The fourth-order valence-corrected chi connectivity index (χ4v) is 3.38. The Labute approximate surface area is 229 Å². The molecule has 12 heteroatoms. The molecule has 0 aliphatic rings. The molecule has 12 nitrogen and oxygen atoms in total. The van der Waals surface area contributed by atoms with Crippen molar-refractivity contribution in [1.29, 1.82) is 0 Å². The number of carbonyl (C=O) groups is 4. The van der Waals surface area contributed by atoms with Crippen molar-refractivity contribution >= 4 is 24.4 Å². The van der Waals surface area contributed by atoms with E-state index in [2.05, 4.69) is 0 Å². The van der Waals surface area contributed by atoms with Crippen LogP contribution in [0.25, 0.3) is 0 Å². The van der Waals surface area contributed by atoms with Crippen molar-refractivity contribution in [3.8, 4) is 11.5 Å². The Morgan fingerprint density at radius 2 is 1.26 bits per heavy atom. The smallest absolute Gasteiger partial charge is 0.480 e. The van der Waals surface area contributed by atoms with Crippen LogP contribution < -0.4 is 15.2 Å². The van der Waals surface area contributed by atoms with Crippen LogP contribution in [0.5, 0.6) is 11.5 Å². The lowest BCUT2D eigenvalue weighted by atomic mass is 9.79. The highest BCUT2D eigenvalue weighted by Gasteiger charge is 2.36. The van der Waals surface area contributed by atoms with Gasteiger partial charge in [0.25, 0.3) is 0 Å². The minimum absolute atomic E-state index is 0.182. The Morgan fingerprint density at radius 3 is 1.69 bits per heavy atom. The Kier molecular flexibility index (Phi) is 11.6. The van der Waals surface area contributed by atoms with Crippen molar-refractivity contribution in [2.45, 2.75) is 105 Å². The number of benzene rings is 1. The molecule has 0 saturated carbocycles. The monoisotopic (exact) mass is 555 g/mol. The molecule has 1 rings (SSSR count). The highest BCUT2D eigenvalue weighted by molar-refractivity contribution is 5.75. The average Bonchev–Trinajstić information content (AvgIpc) is 2.71. The van der Waals surface area contributed by atoms with Crippen LogP contribution in [-0.2, 0) is 23.7 Å². The van der Waals surface area contributed by atoms with Crippen LogP contribution in [0.15, 0.2) is 18.2 Å². The van der Waals surface area contributed by atoms with Crippen LogP contribution in [0.4, 0.5) is 14.4 Å². The van der Waals surface area contributed by atoms with Gasteiger partial charge in [0, 0.05) is 11.8 Å². The summed E-state index contributed by atoms with van der Waals surface area (Å²) in [4.78, 5) is 48.7. The van der Waals surface area contributed by atoms with E-state index in [1.54, 1.807) is 69.2 Å². The molecule has 0 fully saturated rings. The molecule has 0 amide bonds. The van der Waals surface area contributed by atoms with Crippen molar-refractivity contribution in [3.63, 3.8) is 0 Å². The maximum absolute atomic E-state index is 12.5. The molecule has 4 atom stereocenters. The number of carboxylic acids is 1. The van der Waals surface area contributed by atoms with Gasteiger partial charge in [0.2, 0.25) is 0 Å². The highest BCUT2D eigenvalue weighted by atomic mass is 16.8.